The maximum Gasteiger partial charge on any atom is 0.304 e. The summed E-state index contributed by atoms with van der Waals surface area (Å²) in [4.78, 5) is 11.1. The Labute approximate surface area is 140 Å². The van der Waals surface area contributed by atoms with Crippen LogP contribution in [0.1, 0.15) is 23.5 Å². The first-order valence-electron chi connectivity index (χ1n) is 7.54. The van der Waals surface area contributed by atoms with Crippen LogP contribution >= 0.6 is 0 Å². The normalized spacial score (nSPS) is 17.2. The first-order chi connectivity index (χ1) is 11.5. The van der Waals surface area contributed by atoms with Crippen LogP contribution in [0.4, 0.5) is 5.69 Å². The number of carboxylic acid groups (broad SMARTS) is 1. The topological polar surface area (TPSA) is 74.7 Å². The minimum atomic E-state index is -3.68. The molecular formula is C18H17NO4S. The molecule has 0 aromatic heterocycles. The van der Waals surface area contributed by atoms with Crippen LogP contribution in [0.15, 0.2) is 60.0 Å². The minimum absolute atomic E-state index is 0.0918. The summed E-state index contributed by atoms with van der Waals surface area (Å²) >= 11 is 0. The second-order valence-electron chi connectivity index (χ2n) is 5.64. The van der Waals surface area contributed by atoms with Crippen LogP contribution in [0.5, 0.6) is 0 Å². The molecule has 24 heavy (non-hydrogen) atoms. The van der Waals surface area contributed by atoms with Crippen molar-refractivity contribution < 1.29 is 18.3 Å². The van der Waals surface area contributed by atoms with Crippen molar-refractivity contribution in [1.82, 2.24) is 0 Å². The molecule has 1 N–H and O–H groups in total. The lowest BCUT2D eigenvalue weighted by Gasteiger charge is -2.17. The van der Waals surface area contributed by atoms with Crippen LogP contribution in [0, 0.1) is 0 Å². The summed E-state index contributed by atoms with van der Waals surface area (Å²) in [7, 11) is -3.68. The Morgan fingerprint density at radius 1 is 1.12 bits per heavy atom. The smallest absolute Gasteiger partial charge is 0.304 e. The molecule has 2 aromatic carbocycles. The van der Waals surface area contributed by atoms with Crippen molar-refractivity contribution >= 4 is 27.8 Å². The predicted molar refractivity (Wildman–Crippen MR) is 93.2 cm³/mol. The number of fused-ring (bicyclic) bond motifs is 1. The van der Waals surface area contributed by atoms with E-state index in [1.807, 2.05) is 30.3 Å². The number of hydrogen-bond donors (Lipinski definition) is 1. The molecule has 0 spiro atoms. The van der Waals surface area contributed by atoms with Crippen LogP contribution < -0.4 is 4.31 Å². The fraction of sp³-hybridized carbons (Fsp3) is 0.167. The quantitative estimate of drug-likeness (QED) is 0.905. The Bertz CT molecular complexity index is 875. The Hall–Kier alpha value is -2.60. The monoisotopic (exact) mass is 343 g/mol. The molecule has 6 heteroatoms. The molecule has 0 aliphatic carbocycles. The van der Waals surface area contributed by atoms with E-state index in [2.05, 4.69) is 0 Å². The molecule has 0 saturated heterocycles. The average molecular weight is 343 g/mol. The third-order valence-corrected chi connectivity index (χ3v) is 5.43. The predicted octanol–water partition coefficient (Wildman–Crippen LogP) is 3.07. The number of sulfonamides is 1. The average Bonchev–Trinajstić information content (AvgIpc) is 2.93. The van der Waals surface area contributed by atoms with E-state index in [4.69, 9.17) is 5.11 Å². The summed E-state index contributed by atoms with van der Waals surface area (Å²) in [6.45, 7) is 0.146. The van der Waals surface area contributed by atoms with E-state index in [0.717, 1.165) is 11.1 Å². The molecule has 0 unspecified atom stereocenters. The van der Waals surface area contributed by atoms with E-state index in [0.29, 0.717) is 5.69 Å². The van der Waals surface area contributed by atoms with E-state index >= 15 is 0 Å². The molecule has 1 aliphatic rings. The molecule has 0 radical (unpaired) electrons. The first-order valence-corrected chi connectivity index (χ1v) is 9.04. The van der Waals surface area contributed by atoms with E-state index in [1.165, 1.54) is 9.71 Å². The molecule has 124 valence electrons. The van der Waals surface area contributed by atoms with E-state index in [9.17, 15) is 13.2 Å². The van der Waals surface area contributed by atoms with Gasteiger partial charge in [-0.3, -0.25) is 9.10 Å². The third-order valence-electron chi connectivity index (χ3n) is 3.99. The number of carbonyl (C=O) groups is 1. The van der Waals surface area contributed by atoms with Crippen molar-refractivity contribution in [3.63, 3.8) is 0 Å². The lowest BCUT2D eigenvalue weighted by atomic mass is 9.98. The van der Waals surface area contributed by atoms with Gasteiger partial charge in [0.1, 0.15) is 0 Å². The molecule has 1 aliphatic heterocycles. The van der Waals surface area contributed by atoms with Crippen LogP contribution in [0.2, 0.25) is 0 Å². The number of para-hydroxylation sites is 1. The Morgan fingerprint density at radius 2 is 1.79 bits per heavy atom. The van der Waals surface area contributed by atoms with Gasteiger partial charge >= 0.3 is 5.97 Å². The van der Waals surface area contributed by atoms with Crippen LogP contribution in [-0.2, 0) is 14.8 Å². The molecule has 0 bridgehead atoms. The van der Waals surface area contributed by atoms with Gasteiger partial charge in [0.25, 0.3) is 10.0 Å². The fourth-order valence-corrected chi connectivity index (χ4v) is 4.19. The van der Waals surface area contributed by atoms with Crippen LogP contribution in [0.3, 0.4) is 0 Å². The lowest BCUT2D eigenvalue weighted by Crippen LogP contribution is -2.28. The molecule has 0 amide bonds. The summed E-state index contributed by atoms with van der Waals surface area (Å²) in [5.41, 5.74) is 2.11. The number of hydrogen-bond acceptors (Lipinski definition) is 3. The van der Waals surface area contributed by atoms with Crippen molar-refractivity contribution in [1.29, 1.82) is 0 Å². The Kier molecular flexibility index (Phi) is 4.40. The fourth-order valence-electron chi connectivity index (χ4n) is 2.89. The Balaban J connectivity index is 1.91. The molecule has 0 fully saturated rings. The molecule has 1 heterocycles. The lowest BCUT2D eigenvalue weighted by molar-refractivity contribution is -0.137. The van der Waals surface area contributed by atoms with Gasteiger partial charge in [0, 0.05) is 12.5 Å². The molecular weight excluding hydrogens is 326 g/mol. The number of nitrogens with zero attached hydrogens (tertiary/aromatic N) is 1. The second kappa shape index (κ2) is 6.49. The summed E-state index contributed by atoms with van der Waals surface area (Å²) in [6, 6.07) is 16.2. The Morgan fingerprint density at radius 3 is 2.50 bits per heavy atom. The van der Waals surface area contributed by atoms with Gasteiger partial charge in [-0.25, -0.2) is 8.42 Å². The molecule has 2 aromatic rings. The summed E-state index contributed by atoms with van der Waals surface area (Å²) in [5.74, 6) is -1.27. The van der Waals surface area contributed by atoms with Crippen molar-refractivity contribution in [3.05, 3.63) is 71.1 Å². The highest BCUT2D eigenvalue weighted by atomic mass is 32.2. The largest absolute Gasteiger partial charge is 0.481 e. The maximum atomic E-state index is 12.7. The number of anilines is 1. The van der Waals surface area contributed by atoms with Gasteiger partial charge in [-0.1, -0.05) is 48.5 Å². The second-order valence-corrected chi connectivity index (χ2v) is 7.39. The van der Waals surface area contributed by atoms with Crippen molar-refractivity contribution in [2.75, 3.05) is 10.8 Å². The number of benzene rings is 2. The molecule has 1 atom stereocenters. The molecule has 3 rings (SSSR count). The summed E-state index contributed by atoms with van der Waals surface area (Å²) in [6.07, 6.45) is 1.45. The third kappa shape index (κ3) is 3.33. The van der Waals surface area contributed by atoms with Gasteiger partial charge in [-0.15, -0.1) is 0 Å². The van der Waals surface area contributed by atoms with E-state index < -0.39 is 16.0 Å². The SMILES string of the molecule is O=C(O)C[C@H]1CN(S(=O)(=O)/C=C\c2ccccc2)c2ccccc21. The van der Waals surface area contributed by atoms with Crippen LogP contribution in [0.25, 0.3) is 6.08 Å². The zero-order valence-electron chi connectivity index (χ0n) is 12.9. The van der Waals surface area contributed by atoms with Gasteiger partial charge in [0.05, 0.1) is 17.5 Å². The number of rotatable bonds is 5. The maximum absolute atomic E-state index is 12.7. The first kappa shape index (κ1) is 16.3. The summed E-state index contributed by atoms with van der Waals surface area (Å²) < 4.78 is 26.7. The van der Waals surface area contributed by atoms with E-state index in [1.54, 1.807) is 30.3 Å². The zero-order valence-corrected chi connectivity index (χ0v) is 13.7. The minimum Gasteiger partial charge on any atom is -0.481 e. The number of aliphatic carboxylic acids is 1. The highest BCUT2D eigenvalue weighted by Crippen LogP contribution is 2.39. The standard InChI is InChI=1S/C18H17NO4S/c20-18(21)12-15-13-19(17-9-5-4-8-16(15)17)24(22,23)11-10-14-6-2-1-3-7-14/h1-11,15H,12-13H2,(H,20,21)/b11-10-/t15-/m0/s1. The van der Waals surface area contributed by atoms with Crippen molar-refractivity contribution in [3.8, 4) is 0 Å². The highest BCUT2D eigenvalue weighted by molar-refractivity contribution is 7.95. The van der Waals surface area contributed by atoms with Gasteiger partial charge in [-0.2, -0.15) is 0 Å². The number of carboxylic acids is 1. The van der Waals surface area contributed by atoms with Crippen molar-refractivity contribution in [2.45, 2.75) is 12.3 Å². The zero-order chi connectivity index (χ0) is 17.2. The van der Waals surface area contributed by atoms with Crippen LogP contribution in [-0.4, -0.2) is 26.0 Å². The van der Waals surface area contributed by atoms with Gasteiger partial charge in [0.15, 0.2) is 0 Å². The molecule has 5 nitrogen and oxygen atoms in total. The van der Waals surface area contributed by atoms with Crippen molar-refractivity contribution in [2.24, 2.45) is 0 Å². The van der Waals surface area contributed by atoms with E-state index in [-0.39, 0.29) is 18.9 Å². The summed E-state index contributed by atoms with van der Waals surface area (Å²) in [5, 5.41) is 10.2. The molecule has 0 saturated carbocycles. The van der Waals surface area contributed by atoms with Gasteiger partial charge in [0.2, 0.25) is 0 Å². The van der Waals surface area contributed by atoms with Gasteiger partial charge < -0.3 is 5.11 Å². The van der Waals surface area contributed by atoms with Gasteiger partial charge in [-0.05, 0) is 23.3 Å². The highest BCUT2D eigenvalue weighted by Gasteiger charge is 2.35.